The molecule has 6 nitrogen and oxygen atoms in total. The van der Waals surface area contributed by atoms with Crippen molar-refractivity contribution in [1.82, 2.24) is 4.90 Å². The number of amides is 1. The first kappa shape index (κ1) is 19.4. The second-order valence-corrected chi connectivity index (χ2v) is 6.52. The predicted octanol–water partition coefficient (Wildman–Crippen LogP) is 3.46. The van der Waals surface area contributed by atoms with Crippen LogP contribution in [0.2, 0.25) is 5.02 Å². The van der Waals surface area contributed by atoms with Gasteiger partial charge in [-0.05, 0) is 44.2 Å². The minimum atomic E-state index is -0.800. The SMILES string of the molecule is CCOc1c(Cl)cc(C(=O)N2CCCC(CCC(=O)O)C2)cc1OC. The summed E-state index contributed by atoms with van der Waals surface area (Å²) in [7, 11) is 1.51. The molecule has 1 aliphatic heterocycles. The smallest absolute Gasteiger partial charge is 0.303 e. The number of nitrogens with zero attached hydrogens (tertiary/aromatic N) is 1. The summed E-state index contributed by atoms with van der Waals surface area (Å²) in [5.74, 6) is 0.155. The Kier molecular flexibility index (Phi) is 6.93. The predicted molar refractivity (Wildman–Crippen MR) is 94.7 cm³/mol. The van der Waals surface area contributed by atoms with Gasteiger partial charge in [-0.15, -0.1) is 0 Å². The Morgan fingerprint density at radius 1 is 1.40 bits per heavy atom. The van der Waals surface area contributed by atoms with Crippen LogP contribution in [0.1, 0.15) is 43.0 Å². The molecule has 0 spiro atoms. The highest BCUT2D eigenvalue weighted by molar-refractivity contribution is 6.32. The fourth-order valence-electron chi connectivity index (χ4n) is 3.12. The maximum absolute atomic E-state index is 12.8. The number of aliphatic carboxylic acids is 1. The second-order valence-electron chi connectivity index (χ2n) is 6.11. The maximum atomic E-state index is 12.8. The lowest BCUT2D eigenvalue weighted by molar-refractivity contribution is -0.137. The van der Waals surface area contributed by atoms with E-state index in [4.69, 9.17) is 26.2 Å². The molecule has 0 aromatic heterocycles. The van der Waals surface area contributed by atoms with Crippen molar-refractivity contribution in [2.24, 2.45) is 5.92 Å². The number of methoxy groups -OCH3 is 1. The van der Waals surface area contributed by atoms with E-state index in [1.54, 1.807) is 17.0 Å². The molecule has 1 saturated heterocycles. The summed E-state index contributed by atoms with van der Waals surface area (Å²) in [6, 6.07) is 3.23. The quantitative estimate of drug-likeness (QED) is 0.796. The molecule has 1 fully saturated rings. The van der Waals surface area contributed by atoms with E-state index in [0.29, 0.717) is 48.2 Å². The highest BCUT2D eigenvalue weighted by Crippen LogP contribution is 2.37. The zero-order chi connectivity index (χ0) is 18.4. The van der Waals surface area contributed by atoms with Crippen molar-refractivity contribution in [1.29, 1.82) is 0 Å². The van der Waals surface area contributed by atoms with Gasteiger partial charge in [-0.3, -0.25) is 9.59 Å². The van der Waals surface area contributed by atoms with Crippen molar-refractivity contribution in [3.63, 3.8) is 0 Å². The fraction of sp³-hybridized carbons (Fsp3) is 0.556. The molecular weight excluding hydrogens is 346 g/mol. The molecule has 1 atom stereocenters. The van der Waals surface area contributed by atoms with E-state index in [-0.39, 0.29) is 18.2 Å². The number of ether oxygens (including phenoxy) is 2. The van der Waals surface area contributed by atoms with Crippen LogP contribution in [0.4, 0.5) is 0 Å². The van der Waals surface area contributed by atoms with Crippen LogP contribution < -0.4 is 9.47 Å². The van der Waals surface area contributed by atoms with Crippen molar-refractivity contribution in [3.8, 4) is 11.5 Å². The number of piperidine rings is 1. The average molecular weight is 370 g/mol. The molecule has 1 aromatic carbocycles. The van der Waals surface area contributed by atoms with Gasteiger partial charge in [0.25, 0.3) is 5.91 Å². The molecule has 0 bridgehead atoms. The summed E-state index contributed by atoms with van der Waals surface area (Å²) in [6.07, 6.45) is 2.55. The molecule has 1 aromatic rings. The van der Waals surface area contributed by atoms with Crippen molar-refractivity contribution < 1.29 is 24.2 Å². The van der Waals surface area contributed by atoms with Crippen molar-refractivity contribution in [2.45, 2.75) is 32.6 Å². The number of carbonyl (C=O) groups is 2. The van der Waals surface area contributed by atoms with Crippen LogP contribution in [0, 0.1) is 5.92 Å². The van der Waals surface area contributed by atoms with Crippen LogP contribution in [0.15, 0.2) is 12.1 Å². The molecule has 1 N–H and O–H groups in total. The number of carboxylic acid groups (broad SMARTS) is 1. The topological polar surface area (TPSA) is 76.1 Å². The number of hydrogen-bond acceptors (Lipinski definition) is 4. The van der Waals surface area contributed by atoms with Gasteiger partial charge < -0.3 is 19.5 Å². The minimum Gasteiger partial charge on any atom is -0.493 e. The van der Waals surface area contributed by atoms with Crippen LogP contribution >= 0.6 is 11.6 Å². The molecule has 1 heterocycles. The Hall–Kier alpha value is -1.95. The van der Waals surface area contributed by atoms with Crippen LogP contribution in [0.5, 0.6) is 11.5 Å². The molecule has 0 saturated carbocycles. The molecule has 7 heteroatoms. The van der Waals surface area contributed by atoms with Gasteiger partial charge in [-0.25, -0.2) is 0 Å². The first-order valence-corrected chi connectivity index (χ1v) is 8.85. The molecule has 1 amide bonds. The van der Waals surface area contributed by atoms with E-state index in [0.717, 1.165) is 12.8 Å². The van der Waals surface area contributed by atoms with Gasteiger partial charge in [-0.2, -0.15) is 0 Å². The van der Waals surface area contributed by atoms with Gasteiger partial charge in [0.1, 0.15) is 0 Å². The fourth-order valence-corrected chi connectivity index (χ4v) is 3.39. The molecule has 0 radical (unpaired) electrons. The number of carboxylic acids is 1. The van der Waals surface area contributed by atoms with Crippen LogP contribution in [-0.4, -0.2) is 48.7 Å². The Morgan fingerprint density at radius 2 is 2.16 bits per heavy atom. The first-order chi connectivity index (χ1) is 12.0. The second kappa shape index (κ2) is 8.94. The molecule has 2 rings (SSSR count). The van der Waals surface area contributed by atoms with E-state index in [2.05, 4.69) is 0 Å². The van der Waals surface area contributed by atoms with Gasteiger partial charge in [0.2, 0.25) is 0 Å². The lowest BCUT2D eigenvalue weighted by Gasteiger charge is -2.33. The third-order valence-electron chi connectivity index (χ3n) is 4.34. The number of rotatable bonds is 7. The third-order valence-corrected chi connectivity index (χ3v) is 4.62. The summed E-state index contributed by atoms with van der Waals surface area (Å²) < 4.78 is 10.8. The highest BCUT2D eigenvalue weighted by atomic mass is 35.5. The molecular formula is C18H24ClNO5. The molecule has 1 aliphatic rings. The Labute approximate surface area is 152 Å². The Bertz CT molecular complexity index is 634. The number of hydrogen-bond donors (Lipinski definition) is 1. The van der Waals surface area contributed by atoms with Gasteiger partial charge in [0.05, 0.1) is 18.7 Å². The van der Waals surface area contributed by atoms with Gasteiger partial charge in [0, 0.05) is 25.1 Å². The monoisotopic (exact) mass is 369 g/mol. The van der Waals surface area contributed by atoms with E-state index in [1.807, 2.05) is 6.92 Å². The zero-order valence-electron chi connectivity index (χ0n) is 14.6. The number of carbonyl (C=O) groups excluding carboxylic acids is 1. The number of likely N-dealkylation sites (tertiary alicyclic amines) is 1. The molecule has 1 unspecified atom stereocenters. The van der Waals surface area contributed by atoms with Crippen molar-refractivity contribution in [2.75, 3.05) is 26.8 Å². The highest BCUT2D eigenvalue weighted by Gasteiger charge is 2.26. The van der Waals surface area contributed by atoms with E-state index >= 15 is 0 Å². The lowest BCUT2D eigenvalue weighted by Crippen LogP contribution is -2.40. The van der Waals surface area contributed by atoms with Crippen LogP contribution in [0.3, 0.4) is 0 Å². The Balaban J connectivity index is 2.13. The summed E-state index contributed by atoms with van der Waals surface area (Å²) in [5, 5.41) is 9.17. The van der Waals surface area contributed by atoms with Gasteiger partial charge in [-0.1, -0.05) is 11.6 Å². The largest absolute Gasteiger partial charge is 0.493 e. The number of halogens is 1. The summed E-state index contributed by atoms with van der Waals surface area (Å²) in [5.41, 5.74) is 0.448. The molecule has 25 heavy (non-hydrogen) atoms. The standard InChI is InChI=1S/C18H24ClNO5/c1-3-25-17-14(19)9-13(10-15(17)24-2)18(23)20-8-4-5-12(11-20)6-7-16(21)22/h9-10,12H,3-8,11H2,1-2H3,(H,21,22). The van der Waals surface area contributed by atoms with Crippen molar-refractivity contribution >= 4 is 23.5 Å². The van der Waals surface area contributed by atoms with Crippen molar-refractivity contribution in [3.05, 3.63) is 22.7 Å². The van der Waals surface area contributed by atoms with E-state index in [9.17, 15) is 9.59 Å². The summed E-state index contributed by atoms with van der Waals surface area (Å²) >= 11 is 6.25. The summed E-state index contributed by atoms with van der Waals surface area (Å²) in [6.45, 7) is 3.52. The van der Waals surface area contributed by atoms with E-state index in [1.165, 1.54) is 7.11 Å². The first-order valence-electron chi connectivity index (χ1n) is 8.47. The van der Waals surface area contributed by atoms with E-state index < -0.39 is 5.97 Å². The summed E-state index contributed by atoms with van der Waals surface area (Å²) in [4.78, 5) is 25.3. The average Bonchev–Trinajstić information content (AvgIpc) is 2.61. The normalized spacial score (nSPS) is 17.2. The molecule has 0 aliphatic carbocycles. The van der Waals surface area contributed by atoms with Gasteiger partial charge in [0.15, 0.2) is 11.5 Å². The number of benzene rings is 1. The maximum Gasteiger partial charge on any atom is 0.303 e. The minimum absolute atomic E-state index is 0.122. The molecule has 138 valence electrons. The van der Waals surface area contributed by atoms with Crippen LogP contribution in [0.25, 0.3) is 0 Å². The van der Waals surface area contributed by atoms with Crippen LogP contribution in [-0.2, 0) is 4.79 Å². The van der Waals surface area contributed by atoms with Gasteiger partial charge >= 0.3 is 5.97 Å². The third kappa shape index (κ3) is 5.01. The lowest BCUT2D eigenvalue weighted by atomic mass is 9.93. The Morgan fingerprint density at radius 3 is 2.80 bits per heavy atom. The zero-order valence-corrected chi connectivity index (χ0v) is 15.3.